The maximum Gasteiger partial charge on any atom is 0.354 e. The van der Waals surface area contributed by atoms with Crippen molar-refractivity contribution < 1.29 is 15.0 Å². The van der Waals surface area contributed by atoms with E-state index in [1.807, 2.05) is 11.9 Å². The van der Waals surface area contributed by atoms with Gasteiger partial charge < -0.3 is 10.2 Å². The van der Waals surface area contributed by atoms with E-state index in [-0.39, 0.29) is 12.3 Å². The summed E-state index contributed by atoms with van der Waals surface area (Å²) >= 11 is 0. The highest BCUT2D eigenvalue weighted by molar-refractivity contribution is 5.85. The normalized spacial score (nSPS) is 10.6. The molecule has 0 saturated heterocycles. The number of rotatable bonds is 5. The van der Waals surface area contributed by atoms with Gasteiger partial charge >= 0.3 is 5.97 Å². The number of aromatic carboxylic acids is 1. The minimum Gasteiger partial charge on any atom is -0.477 e. The summed E-state index contributed by atoms with van der Waals surface area (Å²) in [4.78, 5) is 16.5. The van der Waals surface area contributed by atoms with Crippen molar-refractivity contribution in [3.63, 3.8) is 0 Å². The Hall–Kier alpha value is -1.46. The summed E-state index contributed by atoms with van der Waals surface area (Å²) in [5.74, 6) is -1.03. The van der Waals surface area contributed by atoms with Gasteiger partial charge in [-0.2, -0.15) is 0 Å². The summed E-state index contributed by atoms with van der Waals surface area (Å²) in [6.07, 6.45) is 0. The molecule has 1 heterocycles. The van der Waals surface area contributed by atoms with Crippen molar-refractivity contribution in [1.29, 1.82) is 0 Å². The fraction of sp³-hybridized carbons (Fsp3) is 0.400. The number of carbonyl (C=O) groups is 1. The van der Waals surface area contributed by atoms with Crippen LogP contribution < -0.4 is 0 Å². The Kier molecular flexibility index (Phi) is 4.20. The molecular formula is C10H14N2O3. The smallest absolute Gasteiger partial charge is 0.354 e. The second-order valence-electron chi connectivity index (χ2n) is 3.28. The fourth-order valence-electron chi connectivity index (χ4n) is 1.21. The first-order valence-corrected chi connectivity index (χ1v) is 4.62. The van der Waals surface area contributed by atoms with E-state index in [0.717, 1.165) is 0 Å². The molecule has 0 atom stereocenters. The molecule has 5 nitrogen and oxygen atoms in total. The van der Waals surface area contributed by atoms with Gasteiger partial charge in [-0.25, -0.2) is 9.78 Å². The maximum absolute atomic E-state index is 10.6. The highest BCUT2D eigenvalue weighted by Gasteiger charge is 2.06. The molecule has 0 radical (unpaired) electrons. The lowest BCUT2D eigenvalue weighted by molar-refractivity contribution is 0.0690. The maximum atomic E-state index is 10.6. The Morgan fingerprint density at radius 1 is 1.53 bits per heavy atom. The molecule has 0 fully saturated rings. The number of carboxylic acids is 1. The van der Waals surface area contributed by atoms with Crippen molar-refractivity contribution in [3.8, 4) is 0 Å². The van der Waals surface area contributed by atoms with Crippen LogP contribution in [-0.2, 0) is 6.54 Å². The molecule has 1 aromatic heterocycles. The quantitative estimate of drug-likeness (QED) is 0.726. The predicted octanol–water partition coefficient (Wildman–Crippen LogP) is 0.204. The Morgan fingerprint density at radius 3 is 2.87 bits per heavy atom. The second-order valence-corrected chi connectivity index (χ2v) is 3.28. The average molecular weight is 210 g/mol. The Labute approximate surface area is 88.0 Å². The van der Waals surface area contributed by atoms with E-state index in [9.17, 15) is 4.79 Å². The molecule has 0 amide bonds. The zero-order valence-electron chi connectivity index (χ0n) is 8.55. The van der Waals surface area contributed by atoms with Crippen LogP contribution in [0.3, 0.4) is 0 Å². The number of nitrogens with zero attached hydrogens (tertiary/aromatic N) is 2. The van der Waals surface area contributed by atoms with Gasteiger partial charge in [-0.1, -0.05) is 6.07 Å². The number of carboxylic acid groups (broad SMARTS) is 1. The Morgan fingerprint density at radius 2 is 2.27 bits per heavy atom. The summed E-state index contributed by atoms with van der Waals surface area (Å²) < 4.78 is 0. The van der Waals surface area contributed by atoms with E-state index in [4.69, 9.17) is 10.2 Å². The molecule has 0 unspecified atom stereocenters. The van der Waals surface area contributed by atoms with Gasteiger partial charge in [0.25, 0.3) is 0 Å². The van der Waals surface area contributed by atoms with E-state index in [1.54, 1.807) is 12.1 Å². The van der Waals surface area contributed by atoms with Crippen LogP contribution in [0.2, 0.25) is 0 Å². The molecule has 1 rings (SSSR count). The van der Waals surface area contributed by atoms with Crippen LogP contribution in [0.5, 0.6) is 0 Å². The van der Waals surface area contributed by atoms with Crippen LogP contribution in [0.4, 0.5) is 0 Å². The van der Waals surface area contributed by atoms with Crippen molar-refractivity contribution in [2.45, 2.75) is 6.54 Å². The third-order valence-electron chi connectivity index (χ3n) is 1.94. The fourth-order valence-corrected chi connectivity index (χ4v) is 1.21. The topological polar surface area (TPSA) is 73.7 Å². The zero-order chi connectivity index (χ0) is 11.3. The molecule has 0 aliphatic carbocycles. The third kappa shape index (κ3) is 3.65. The lowest BCUT2D eigenvalue weighted by Gasteiger charge is -2.14. The highest BCUT2D eigenvalue weighted by atomic mass is 16.4. The molecule has 0 bridgehead atoms. The molecule has 0 saturated carbocycles. The van der Waals surface area contributed by atoms with Gasteiger partial charge in [0.15, 0.2) is 0 Å². The molecule has 0 aliphatic rings. The first-order chi connectivity index (χ1) is 7.13. The number of aliphatic hydroxyl groups excluding tert-OH is 1. The lowest BCUT2D eigenvalue weighted by Crippen LogP contribution is -2.22. The second kappa shape index (κ2) is 5.43. The minimum atomic E-state index is -1.03. The minimum absolute atomic E-state index is 0.0462. The number of likely N-dealkylation sites (N-methyl/N-ethyl adjacent to an activating group) is 1. The van der Waals surface area contributed by atoms with Crippen molar-refractivity contribution >= 4 is 5.97 Å². The molecule has 15 heavy (non-hydrogen) atoms. The molecule has 0 aromatic carbocycles. The van der Waals surface area contributed by atoms with Crippen molar-refractivity contribution in [3.05, 3.63) is 29.6 Å². The Bertz CT molecular complexity index is 341. The first-order valence-electron chi connectivity index (χ1n) is 4.62. The largest absolute Gasteiger partial charge is 0.477 e. The predicted molar refractivity (Wildman–Crippen MR) is 54.6 cm³/mol. The summed E-state index contributed by atoms with van der Waals surface area (Å²) in [5.41, 5.74) is 0.732. The van der Waals surface area contributed by atoms with E-state index >= 15 is 0 Å². The summed E-state index contributed by atoms with van der Waals surface area (Å²) in [6.45, 7) is 1.15. The van der Waals surface area contributed by atoms with Crippen LogP contribution >= 0.6 is 0 Å². The van der Waals surface area contributed by atoms with Gasteiger partial charge in [-0.15, -0.1) is 0 Å². The van der Waals surface area contributed by atoms with E-state index in [0.29, 0.717) is 18.8 Å². The van der Waals surface area contributed by atoms with Crippen molar-refractivity contribution in [2.24, 2.45) is 0 Å². The first kappa shape index (κ1) is 11.6. The van der Waals surface area contributed by atoms with E-state index in [1.165, 1.54) is 6.07 Å². The van der Waals surface area contributed by atoms with Crippen LogP contribution in [0.1, 0.15) is 16.2 Å². The van der Waals surface area contributed by atoms with Gasteiger partial charge in [0.05, 0.1) is 12.3 Å². The number of pyridine rings is 1. The van der Waals surface area contributed by atoms with Gasteiger partial charge in [0, 0.05) is 13.1 Å². The SMILES string of the molecule is CN(CCO)Cc1cccc(C(=O)O)n1. The molecule has 0 aliphatic heterocycles. The number of hydrogen-bond donors (Lipinski definition) is 2. The standard InChI is InChI=1S/C10H14N2O3/c1-12(5-6-13)7-8-3-2-4-9(11-8)10(14)15/h2-4,13H,5-7H2,1H3,(H,14,15). The van der Waals surface area contributed by atoms with Gasteiger partial charge in [-0.3, -0.25) is 4.90 Å². The van der Waals surface area contributed by atoms with E-state index < -0.39 is 5.97 Å². The van der Waals surface area contributed by atoms with Crippen LogP contribution in [-0.4, -0.2) is 46.3 Å². The van der Waals surface area contributed by atoms with Crippen molar-refractivity contribution in [2.75, 3.05) is 20.2 Å². The Balaban J connectivity index is 2.69. The van der Waals surface area contributed by atoms with Gasteiger partial charge in [0.1, 0.15) is 5.69 Å². The zero-order valence-corrected chi connectivity index (χ0v) is 8.55. The van der Waals surface area contributed by atoms with E-state index in [2.05, 4.69) is 4.98 Å². The van der Waals surface area contributed by atoms with Crippen LogP contribution in [0.15, 0.2) is 18.2 Å². The average Bonchev–Trinajstić information content (AvgIpc) is 2.18. The summed E-state index contributed by atoms with van der Waals surface area (Å²) in [5, 5.41) is 17.4. The van der Waals surface area contributed by atoms with Crippen LogP contribution in [0, 0.1) is 0 Å². The number of aromatic nitrogens is 1. The molecule has 1 aromatic rings. The van der Waals surface area contributed by atoms with Gasteiger partial charge in [0.2, 0.25) is 0 Å². The van der Waals surface area contributed by atoms with Crippen LogP contribution in [0.25, 0.3) is 0 Å². The third-order valence-corrected chi connectivity index (χ3v) is 1.94. The lowest BCUT2D eigenvalue weighted by atomic mass is 10.3. The molecular weight excluding hydrogens is 196 g/mol. The van der Waals surface area contributed by atoms with Gasteiger partial charge in [-0.05, 0) is 19.2 Å². The number of hydrogen-bond acceptors (Lipinski definition) is 4. The molecule has 82 valence electrons. The summed E-state index contributed by atoms with van der Waals surface area (Å²) in [6, 6.07) is 4.89. The van der Waals surface area contributed by atoms with Crippen molar-refractivity contribution in [1.82, 2.24) is 9.88 Å². The highest BCUT2D eigenvalue weighted by Crippen LogP contribution is 2.02. The molecule has 5 heteroatoms. The monoisotopic (exact) mass is 210 g/mol. The molecule has 2 N–H and O–H groups in total. The number of aliphatic hydroxyl groups is 1. The molecule has 0 spiro atoms. The summed E-state index contributed by atoms with van der Waals surface area (Å²) in [7, 11) is 1.84.